The van der Waals surface area contributed by atoms with Crippen molar-refractivity contribution in [2.45, 2.75) is 6.54 Å². The van der Waals surface area contributed by atoms with Crippen LogP contribution in [-0.2, 0) is 16.1 Å². The highest BCUT2D eigenvalue weighted by atomic mass is 16.3. The molecule has 0 radical (unpaired) electrons. The summed E-state index contributed by atoms with van der Waals surface area (Å²) in [5, 5.41) is 6.42. The van der Waals surface area contributed by atoms with Gasteiger partial charge < -0.3 is 4.42 Å². The Morgan fingerprint density at radius 2 is 1.93 bits per heavy atom. The lowest BCUT2D eigenvalue weighted by atomic mass is 10.1. The van der Waals surface area contributed by atoms with Crippen molar-refractivity contribution >= 4 is 23.9 Å². The number of furan rings is 1. The van der Waals surface area contributed by atoms with Crippen LogP contribution in [0.25, 0.3) is 11.8 Å². The average molecular weight is 362 g/mol. The molecule has 4 rings (SSSR count). The Morgan fingerprint density at radius 1 is 1.11 bits per heavy atom. The first kappa shape index (κ1) is 16.5. The fraction of sp³-hybridized carbons (Fsp3) is 0.0526. The molecule has 2 aromatic heterocycles. The van der Waals surface area contributed by atoms with Gasteiger partial charge in [0.15, 0.2) is 0 Å². The Balaban J connectivity index is 1.61. The summed E-state index contributed by atoms with van der Waals surface area (Å²) in [4.78, 5) is 37.8. The van der Waals surface area contributed by atoms with Crippen molar-refractivity contribution < 1.29 is 18.8 Å². The second kappa shape index (κ2) is 6.75. The standard InChI is InChI=1S/C19H14N4O4/c24-17-16(8-14-9-20-23(11-14)15-4-2-1-3-5-15)18(25)22(19(26)21-17)10-13-6-7-27-12-13/h1-9,11-12H,10H2,(H,21,24,26). The molecule has 8 heteroatoms. The molecule has 134 valence electrons. The first-order valence-electron chi connectivity index (χ1n) is 8.12. The Bertz CT molecular complexity index is 1030. The Labute approximate surface area is 153 Å². The lowest BCUT2D eigenvalue weighted by Gasteiger charge is -2.25. The fourth-order valence-electron chi connectivity index (χ4n) is 2.70. The van der Waals surface area contributed by atoms with E-state index in [1.165, 1.54) is 24.8 Å². The van der Waals surface area contributed by atoms with Gasteiger partial charge in [-0.05, 0) is 24.3 Å². The molecule has 1 saturated heterocycles. The van der Waals surface area contributed by atoms with E-state index in [0.29, 0.717) is 11.1 Å². The smallest absolute Gasteiger partial charge is 0.331 e. The third kappa shape index (κ3) is 3.28. The van der Waals surface area contributed by atoms with Gasteiger partial charge >= 0.3 is 6.03 Å². The fourth-order valence-corrected chi connectivity index (χ4v) is 2.70. The molecule has 0 spiro atoms. The molecule has 0 bridgehead atoms. The molecule has 8 nitrogen and oxygen atoms in total. The van der Waals surface area contributed by atoms with Crippen LogP contribution in [0.15, 0.2) is 71.3 Å². The zero-order valence-electron chi connectivity index (χ0n) is 14.0. The average Bonchev–Trinajstić information content (AvgIpc) is 3.35. The molecule has 0 unspecified atom stereocenters. The quantitative estimate of drug-likeness (QED) is 0.566. The molecule has 3 heterocycles. The zero-order valence-corrected chi connectivity index (χ0v) is 14.0. The van der Waals surface area contributed by atoms with Crippen molar-refractivity contribution in [3.05, 3.63) is 78.0 Å². The molecule has 1 aliphatic rings. The minimum absolute atomic E-state index is 0.00899. The van der Waals surface area contributed by atoms with Gasteiger partial charge in [0.05, 0.1) is 31.0 Å². The molecule has 0 saturated carbocycles. The molecule has 1 aromatic carbocycles. The second-order valence-electron chi connectivity index (χ2n) is 5.89. The van der Waals surface area contributed by atoms with Gasteiger partial charge in [0.2, 0.25) is 0 Å². The summed E-state index contributed by atoms with van der Waals surface area (Å²) in [6.45, 7) is 0.00899. The molecule has 27 heavy (non-hydrogen) atoms. The van der Waals surface area contributed by atoms with E-state index in [4.69, 9.17) is 4.42 Å². The molecular formula is C19H14N4O4. The number of carbonyl (C=O) groups is 3. The molecule has 4 amide bonds. The van der Waals surface area contributed by atoms with Gasteiger partial charge in [0.1, 0.15) is 5.57 Å². The molecule has 0 aliphatic carbocycles. The number of rotatable bonds is 4. The number of barbiturate groups is 1. The Morgan fingerprint density at radius 3 is 2.67 bits per heavy atom. The summed E-state index contributed by atoms with van der Waals surface area (Å²) >= 11 is 0. The van der Waals surface area contributed by atoms with Crippen LogP contribution in [-0.4, -0.2) is 32.5 Å². The van der Waals surface area contributed by atoms with Crippen LogP contribution in [0.5, 0.6) is 0 Å². The summed E-state index contributed by atoms with van der Waals surface area (Å²) in [5.41, 5.74) is 1.92. The maximum atomic E-state index is 12.7. The topological polar surface area (TPSA) is 97.4 Å². The SMILES string of the molecule is O=C1NC(=O)N(Cc2ccoc2)C(=O)C1=Cc1cnn(-c2ccccc2)c1. The van der Waals surface area contributed by atoms with E-state index < -0.39 is 17.8 Å². The Hall–Kier alpha value is -3.94. The number of hydrogen-bond donors (Lipinski definition) is 1. The third-order valence-electron chi connectivity index (χ3n) is 4.04. The minimum atomic E-state index is -0.761. The minimum Gasteiger partial charge on any atom is -0.472 e. The van der Waals surface area contributed by atoms with E-state index in [-0.39, 0.29) is 12.1 Å². The molecule has 0 atom stereocenters. The number of imide groups is 2. The summed E-state index contributed by atoms with van der Waals surface area (Å²) in [5.74, 6) is -1.40. The number of aromatic nitrogens is 2. The summed E-state index contributed by atoms with van der Waals surface area (Å²) in [7, 11) is 0. The van der Waals surface area contributed by atoms with Crippen molar-refractivity contribution in [3.8, 4) is 5.69 Å². The van der Waals surface area contributed by atoms with E-state index in [9.17, 15) is 14.4 Å². The number of benzene rings is 1. The number of carbonyl (C=O) groups excluding carboxylic acids is 3. The predicted octanol–water partition coefficient (Wildman–Crippen LogP) is 2.13. The van der Waals surface area contributed by atoms with Gasteiger partial charge in [-0.25, -0.2) is 9.48 Å². The van der Waals surface area contributed by atoms with Crippen LogP contribution in [0.4, 0.5) is 4.79 Å². The molecule has 1 fully saturated rings. The van der Waals surface area contributed by atoms with Crippen molar-refractivity contribution in [2.75, 3.05) is 0 Å². The first-order chi connectivity index (χ1) is 13.1. The lowest BCUT2D eigenvalue weighted by Crippen LogP contribution is -2.53. The van der Waals surface area contributed by atoms with Gasteiger partial charge in [0, 0.05) is 17.3 Å². The van der Waals surface area contributed by atoms with Crippen LogP contribution in [0.2, 0.25) is 0 Å². The first-order valence-corrected chi connectivity index (χ1v) is 8.12. The monoisotopic (exact) mass is 362 g/mol. The van der Waals surface area contributed by atoms with Crippen molar-refractivity contribution in [1.29, 1.82) is 0 Å². The van der Waals surface area contributed by atoms with Crippen LogP contribution >= 0.6 is 0 Å². The number of hydrogen-bond acceptors (Lipinski definition) is 5. The van der Waals surface area contributed by atoms with Crippen LogP contribution in [0.3, 0.4) is 0 Å². The second-order valence-corrected chi connectivity index (χ2v) is 5.89. The number of urea groups is 1. The summed E-state index contributed by atoms with van der Waals surface area (Å²) in [6, 6.07) is 10.3. The number of nitrogens with zero attached hydrogens (tertiary/aromatic N) is 3. The van der Waals surface area contributed by atoms with Crippen LogP contribution in [0.1, 0.15) is 11.1 Å². The van der Waals surface area contributed by atoms with Gasteiger partial charge in [-0.2, -0.15) is 5.10 Å². The van der Waals surface area contributed by atoms with Gasteiger partial charge in [-0.1, -0.05) is 18.2 Å². The number of nitrogens with one attached hydrogen (secondary N) is 1. The maximum Gasteiger partial charge on any atom is 0.331 e. The van der Waals surface area contributed by atoms with Crippen molar-refractivity contribution in [1.82, 2.24) is 20.0 Å². The molecule has 1 N–H and O–H groups in total. The molecule has 3 aromatic rings. The highest BCUT2D eigenvalue weighted by molar-refractivity contribution is 6.30. The van der Waals surface area contributed by atoms with E-state index in [0.717, 1.165) is 10.6 Å². The van der Waals surface area contributed by atoms with E-state index in [1.54, 1.807) is 16.9 Å². The van der Waals surface area contributed by atoms with Crippen LogP contribution < -0.4 is 5.32 Å². The molecular weight excluding hydrogens is 348 g/mol. The van der Waals surface area contributed by atoms with Gasteiger partial charge in [-0.15, -0.1) is 0 Å². The normalized spacial score (nSPS) is 16.1. The highest BCUT2D eigenvalue weighted by Crippen LogP contribution is 2.17. The predicted molar refractivity (Wildman–Crippen MR) is 94.3 cm³/mol. The van der Waals surface area contributed by atoms with Crippen molar-refractivity contribution in [3.63, 3.8) is 0 Å². The van der Waals surface area contributed by atoms with Gasteiger partial charge in [0.25, 0.3) is 11.8 Å². The largest absolute Gasteiger partial charge is 0.472 e. The zero-order chi connectivity index (χ0) is 18.8. The summed E-state index contributed by atoms with van der Waals surface area (Å²) < 4.78 is 6.58. The number of para-hydroxylation sites is 1. The number of amides is 4. The third-order valence-corrected chi connectivity index (χ3v) is 4.04. The Kier molecular flexibility index (Phi) is 4.13. The van der Waals surface area contributed by atoms with Crippen LogP contribution in [0, 0.1) is 0 Å². The van der Waals surface area contributed by atoms with E-state index >= 15 is 0 Å². The summed E-state index contributed by atoms with van der Waals surface area (Å²) in [6.07, 6.45) is 7.53. The maximum absolute atomic E-state index is 12.7. The highest BCUT2D eigenvalue weighted by Gasteiger charge is 2.35. The van der Waals surface area contributed by atoms with E-state index in [1.807, 2.05) is 30.3 Å². The molecule has 1 aliphatic heterocycles. The van der Waals surface area contributed by atoms with Gasteiger partial charge in [-0.3, -0.25) is 19.8 Å². The lowest BCUT2D eigenvalue weighted by molar-refractivity contribution is -0.130. The van der Waals surface area contributed by atoms with Crippen molar-refractivity contribution in [2.24, 2.45) is 0 Å². The van der Waals surface area contributed by atoms with E-state index in [2.05, 4.69) is 10.4 Å².